The molecule has 3 N–H and O–H groups in total. The number of pyridine rings is 1. The van der Waals surface area contributed by atoms with Crippen molar-refractivity contribution in [1.29, 1.82) is 0 Å². The fourth-order valence-electron chi connectivity index (χ4n) is 1.50. The van der Waals surface area contributed by atoms with Gasteiger partial charge in [0, 0.05) is 12.7 Å². The van der Waals surface area contributed by atoms with Crippen LogP contribution < -0.4 is 10.5 Å². The largest absolute Gasteiger partial charge is 0.396 e. The fourth-order valence-corrected chi connectivity index (χ4v) is 2.67. The van der Waals surface area contributed by atoms with Gasteiger partial charge in [0.25, 0.3) is 10.0 Å². The predicted octanol–water partition coefficient (Wildman–Crippen LogP) is 1.38. The maximum Gasteiger partial charge on any atom is 0.260 e. The van der Waals surface area contributed by atoms with Crippen LogP contribution in [0.4, 0.5) is 5.69 Å². The molecule has 96 valence electrons. The first kappa shape index (κ1) is 13.9. The molecule has 0 atom stereocenters. The summed E-state index contributed by atoms with van der Waals surface area (Å²) in [7, 11) is -3.59. The average molecular weight is 257 g/mol. The Morgan fingerprint density at radius 2 is 2.06 bits per heavy atom. The Morgan fingerprint density at radius 3 is 2.59 bits per heavy atom. The molecule has 6 heteroatoms. The van der Waals surface area contributed by atoms with Crippen LogP contribution in [0.5, 0.6) is 0 Å². The van der Waals surface area contributed by atoms with Gasteiger partial charge in [0.2, 0.25) is 0 Å². The molecule has 0 radical (unpaired) electrons. The van der Waals surface area contributed by atoms with Crippen LogP contribution in [-0.4, -0.2) is 19.9 Å². The van der Waals surface area contributed by atoms with Crippen molar-refractivity contribution in [1.82, 2.24) is 9.71 Å². The summed E-state index contributed by atoms with van der Waals surface area (Å²) in [4.78, 5) is 3.80. The van der Waals surface area contributed by atoms with Gasteiger partial charge < -0.3 is 5.73 Å². The second-order valence-electron chi connectivity index (χ2n) is 3.93. The highest BCUT2D eigenvalue weighted by atomic mass is 32.2. The van der Waals surface area contributed by atoms with E-state index in [9.17, 15) is 8.42 Å². The molecule has 0 bridgehead atoms. The van der Waals surface area contributed by atoms with E-state index in [1.165, 1.54) is 12.3 Å². The Labute approximate surface area is 102 Å². The van der Waals surface area contributed by atoms with Crippen molar-refractivity contribution in [2.45, 2.75) is 31.7 Å². The molecule has 0 aliphatic heterocycles. The Hall–Kier alpha value is -1.14. The first-order valence-corrected chi connectivity index (χ1v) is 7.19. The lowest BCUT2D eigenvalue weighted by Crippen LogP contribution is -2.30. The van der Waals surface area contributed by atoms with E-state index in [1.54, 1.807) is 6.07 Å². The molecule has 0 spiro atoms. The van der Waals surface area contributed by atoms with E-state index in [0.717, 1.165) is 12.8 Å². The highest BCUT2D eigenvalue weighted by Crippen LogP contribution is 2.14. The number of nitrogens with two attached hydrogens (primary N) is 1. The number of nitrogen functional groups attached to an aromatic ring is 1. The average Bonchev–Trinajstić information content (AvgIpc) is 2.30. The molecule has 0 saturated carbocycles. The second kappa shape index (κ2) is 5.97. The van der Waals surface area contributed by atoms with Crippen LogP contribution in [0.3, 0.4) is 0 Å². The zero-order chi connectivity index (χ0) is 12.9. The van der Waals surface area contributed by atoms with E-state index >= 15 is 0 Å². The van der Waals surface area contributed by atoms with Gasteiger partial charge in [-0.2, -0.15) is 0 Å². The molecular formula is C11H19N3O2S. The summed E-state index contributed by atoms with van der Waals surface area (Å²) >= 11 is 0. The van der Waals surface area contributed by atoms with Crippen LogP contribution in [0.25, 0.3) is 0 Å². The van der Waals surface area contributed by atoms with Crippen molar-refractivity contribution in [2.75, 3.05) is 12.3 Å². The fraction of sp³-hybridized carbons (Fsp3) is 0.545. The van der Waals surface area contributed by atoms with Gasteiger partial charge >= 0.3 is 0 Å². The Bertz CT molecular complexity index is 456. The topological polar surface area (TPSA) is 85.1 Å². The molecule has 0 fully saturated rings. The van der Waals surface area contributed by atoms with Crippen LogP contribution in [0.15, 0.2) is 23.4 Å². The first-order valence-electron chi connectivity index (χ1n) is 5.71. The third kappa shape index (κ3) is 3.67. The van der Waals surface area contributed by atoms with Crippen LogP contribution in [0.2, 0.25) is 0 Å². The second-order valence-corrected chi connectivity index (χ2v) is 5.61. The minimum atomic E-state index is -3.59. The lowest BCUT2D eigenvalue weighted by Gasteiger charge is -2.13. The maximum absolute atomic E-state index is 11.9. The van der Waals surface area contributed by atoms with Gasteiger partial charge in [-0.15, -0.1) is 0 Å². The van der Waals surface area contributed by atoms with Crippen molar-refractivity contribution >= 4 is 15.7 Å². The van der Waals surface area contributed by atoms with Crippen molar-refractivity contribution in [3.05, 3.63) is 18.3 Å². The normalized spacial score (nSPS) is 11.9. The maximum atomic E-state index is 11.9. The van der Waals surface area contributed by atoms with Crippen LogP contribution in [0.1, 0.15) is 26.7 Å². The molecule has 0 aliphatic rings. The molecule has 0 unspecified atom stereocenters. The molecule has 0 aliphatic carbocycles. The summed E-state index contributed by atoms with van der Waals surface area (Å²) in [5.41, 5.74) is 5.77. The van der Waals surface area contributed by atoms with E-state index in [-0.39, 0.29) is 10.7 Å². The molecule has 5 nitrogen and oxygen atoms in total. The highest BCUT2D eigenvalue weighted by molar-refractivity contribution is 7.89. The van der Waals surface area contributed by atoms with Gasteiger partial charge in [-0.1, -0.05) is 26.7 Å². The summed E-state index contributed by atoms with van der Waals surface area (Å²) in [5.74, 6) is 0.342. The molecule has 0 amide bonds. The number of aromatic nitrogens is 1. The van der Waals surface area contributed by atoms with E-state index in [1.807, 2.05) is 13.8 Å². The molecule has 1 heterocycles. The number of anilines is 1. The first-order chi connectivity index (χ1) is 8.01. The number of rotatable bonds is 6. The Morgan fingerprint density at radius 1 is 1.41 bits per heavy atom. The minimum absolute atomic E-state index is 0.0917. The summed E-state index contributed by atoms with van der Waals surface area (Å²) in [6.07, 6.45) is 3.30. The standard InChI is InChI=1S/C11H19N3O2S/c1-3-9(4-2)8-14-17(15,16)11-10(12)6-5-7-13-11/h5-7,9,14H,3-4,8,12H2,1-2H3. The zero-order valence-electron chi connectivity index (χ0n) is 10.2. The quantitative estimate of drug-likeness (QED) is 0.806. The molecular weight excluding hydrogens is 238 g/mol. The summed E-state index contributed by atoms with van der Waals surface area (Å²) in [6.45, 7) is 4.50. The van der Waals surface area contributed by atoms with Gasteiger partial charge in [-0.25, -0.2) is 18.1 Å². The summed E-state index contributed by atoms with van der Waals surface area (Å²) in [5, 5.41) is -0.0917. The van der Waals surface area contributed by atoms with Crippen molar-refractivity contribution in [2.24, 2.45) is 5.92 Å². The van der Waals surface area contributed by atoms with Crippen molar-refractivity contribution in [3.8, 4) is 0 Å². The zero-order valence-corrected chi connectivity index (χ0v) is 11.0. The van der Waals surface area contributed by atoms with E-state index in [2.05, 4.69) is 9.71 Å². The van der Waals surface area contributed by atoms with E-state index < -0.39 is 10.0 Å². The molecule has 1 aromatic rings. The van der Waals surface area contributed by atoms with Gasteiger partial charge in [0.15, 0.2) is 5.03 Å². The number of nitrogens with one attached hydrogen (secondary N) is 1. The monoisotopic (exact) mass is 257 g/mol. The summed E-state index contributed by atoms with van der Waals surface area (Å²) in [6, 6.07) is 3.13. The van der Waals surface area contributed by atoms with Crippen LogP contribution >= 0.6 is 0 Å². The Balaban J connectivity index is 2.80. The third-order valence-electron chi connectivity index (χ3n) is 2.77. The number of nitrogens with zero attached hydrogens (tertiary/aromatic N) is 1. The van der Waals surface area contributed by atoms with Gasteiger partial charge in [-0.05, 0) is 18.1 Å². The van der Waals surface area contributed by atoms with Crippen LogP contribution in [0, 0.1) is 5.92 Å². The highest BCUT2D eigenvalue weighted by Gasteiger charge is 2.19. The lowest BCUT2D eigenvalue weighted by atomic mass is 10.0. The van der Waals surface area contributed by atoms with Gasteiger partial charge in [0.1, 0.15) is 0 Å². The third-order valence-corrected chi connectivity index (χ3v) is 4.17. The molecule has 1 aromatic heterocycles. The van der Waals surface area contributed by atoms with E-state index in [0.29, 0.717) is 12.5 Å². The van der Waals surface area contributed by atoms with Gasteiger partial charge in [-0.3, -0.25) is 0 Å². The summed E-state index contributed by atoms with van der Waals surface area (Å²) < 4.78 is 26.4. The van der Waals surface area contributed by atoms with Crippen molar-refractivity contribution < 1.29 is 8.42 Å². The van der Waals surface area contributed by atoms with E-state index in [4.69, 9.17) is 5.73 Å². The SMILES string of the molecule is CCC(CC)CNS(=O)(=O)c1ncccc1N. The smallest absolute Gasteiger partial charge is 0.260 e. The predicted molar refractivity (Wildman–Crippen MR) is 67.9 cm³/mol. The molecule has 1 rings (SSSR count). The molecule has 0 saturated heterocycles. The Kier molecular flexibility index (Phi) is 4.89. The van der Waals surface area contributed by atoms with Crippen LogP contribution in [-0.2, 0) is 10.0 Å². The number of sulfonamides is 1. The number of hydrogen-bond donors (Lipinski definition) is 2. The van der Waals surface area contributed by atoms with Gasteiger partial charge in [0.05, 0.1) is 5.69 Å². The number of hydrogen-bond acceptors (Lipinski definition) is 4. The minimum Gasteiger partial charge on any atom is -0.396 e. The lowest BCUT2D eigenvalue weighted by molar-refractivity contribution is 0.478. The molecule has 17 heavy (non-hydrogen) atoms. The van der Waals surface area contributed by atoms with Crippen molar-refractivity contribution in [3.63, 3.8) is 0 Å². The molecule has 0 aromatic carbocycles.